The zero-order valence-corrected chi connectivity index (χ0v) is 18.8. The molecule has 0 unspecified atom stereocenters. The Morgan fingerprint density at radius 1 is 1.21 bits per heavy atom. The van der Waals surface area contributed by atoms with E-state index < -0.39 is 17.0 Å². The fourth-order valence-electron chi connectivity index (χ4n) is 4.47. The number of hydrogen-bond acceptors (Lipinski definition) is 5. The zero-order valence-electron chi connectivity index (χ0n) is 18.8. The van der Waals surface area contributed by atoms with Gasteiger partial charge in [0.05, 0.1) is 0 Å². The van der Waals surface area contributed by atoms with Crippen LogP contribution in [0.5, 0.6) is 0 Å². The summed E-state index contributed by atoms with van der Waals surface area (Å²) in [5.41, 5.74) is -0.155. The Balaban J connectivity index is 1.44. The molecule has 2 aliphatic rings. The van der Waals surface area contributed by atoms with Crippen LogP contribution in [0.25, 0.3) is 10.9 Å². The van der Waals surface area contributed by atoms with E-state index in [4.69, 9.17) is 4.74 Å². The lowest BCUT2D eigenvalue weighted by Gasteiger charge is -2.38. The number of fused-ring (bicyclic) bond motifs is 1. The minimum absolute atomic E-state index is 0.0669. The van der Waals surface area contributed by atoms with Crippen molar-refractivity contribution in [3.63, 3.8) is 0 Å². The molecule has 2 amide bonds. The van der Waals surface area contributed by atoms with Crippen molar-refractivity contribution in [2.75, 3.05) is 19.6 Å². The van der Waals surface area contributed by atoms with Gasteiger partial charge in [-0.05, 0) is 70.0 Å². The van der Waals surface area contributed by atoms with Gasteiger partial charge in [0.1, 0.15) is 17.0 Å². The SMILES string of the molecule is CC1(C)CC(=O)C=C(C(=O)NC2(C(=O)NCCc3c[nH]c4ccc(F)cc34)CCNCC2)O1. The average molecular weight is 457 g/mol. The number of piperidine rings is 1. The molecular weight excluding hydrogens is 427 g/mol. The molecule has 0 radical (unpaired) electrons. The van der Waals surface area contributed by atoms with Gasteiger partial charge < -0.3 is 25.7 Å². The molecule has 0 atom stereocenters. The number of aromatic nitrogens is 1. The van der Waals surface area contributed by atoms with E-state index in [2.05, 4.69) is 20.9 Å². The highest BCUT2D eigenvalue weighted by molar-refractivity contribution is 6.04. The van der Waals surface area contributed by atoms with Gasteiger partial charge in [-0.25, -0.2) is 4.39 Å². The third-order valence-corrected chi connectivity index (χ3v) is 6.16. The van der Waals surface area contributed by atoms with Crippen molar-refractivity contribution in [1.29, 1.82) is 0 Å². The molecule has 0 bridgehead atoms. The van der Waals surface area contributed by atoms with Crippen LogP contribution in [0.15, 0.2) is 36.2 Å². The van der Waals surface area contributed by atoms with E-state index in [1.807, 2.05) is 6.20 Å². The van der Waals surface area contributed by atoms with E-state index in [1.165, 1.54) is 18.2 Å². The standard InChI is InChI=1S/C24H29FN4O4/c1-23(2)13-17(30)12-20(33-23)21(31)29-24(6-9-26-10-7-24)22(32)27-8-5-15-14-28-19-4-3-16(25)11-18(15)19/h3-4,11-12,14,26,28H,5-10,13H2,1-2H3,(H,27,32)(H,29,31). The van der Waals surface area contributed by atoms with Crippen molar-refractivity contribution in [3.8, 4) is 0 Å². The fourth-order valence-corrected chi connectivity index (χ4v) is 4.47. The predicted octanol–water partition coefficient (Wildman–Crippen LogP) is 1.86. The minimum atomic E-state index is -1.11. The van der Waals surface area contributed by atoms with Crippen LogP contribution in [0.2, 0.25) is 0 Å². The molecular formula is C24H29FN4O4. The van der Waals surface area contributed by atoms with Gasteiger partial charge in [-0.2, -0.15) is 0 Å². The van der Waals surface area contributed by atoms with Crippen LogP contribution in [0.3, 0.4) is 0 Å². The summed E-state index contributed by atoms with van der Waals surface area (Å²) < 4.78 is 19.3. The Labute approximate surface area is 191 Å². The number of hydrogen-bond donors (Lipinski definition) is 4. The second kappa shape index (κ2) is 8.97. The van der Waals surface area contributed by atoms with Crippen LogP contribution in [-0.2, 0) is 25.5 Å². The fraction of sp³-hybridized carbons (Fsp3) is 0.458. The maximum absolute atomic E-state index is 13.6. The normalized spacial score (nSPS) is 19.5. The summed E-state index contributed by atoms with van der Waals surface area (Å²) in [6.07, 6.45) is 4.53. The summed E-state index contributed by atoms with van der Waals surface area (Å²) in [6.45, 7) is 4.96. The number of nitrogens with one attached hydrogen (secondary N) is 4. The summed E-state index contributed by atoms with van der Waals surface area (Å²) in [5, 5.41) is 9.76. The van der Waals surface area contributed by atoms with Crippen molar-refractivity contribution in [2.45, 2.75) is 50.7 Å². The molecule has 4 rings (SSSR count). The van der Waals surface area contributed by atoms with Crippen molar-refractivity contribution < 1.29 is 23.5 Å². The van der Waals surface area contributed by atoms with Gasteiger partial charge in [0.25, 0.3) is 5.91 Å². The summed E-state index contributed by atoms with van der Waals surface area (Å²) in [6, 6.07) is 4.55. The number of H-pyrrole nitrogens is 1. The third-order valence-electron chi connectivity index (χ3n) is 6.16. The van der Waals surface area contributed by atoms with Gasteiger partial charge in [0.2, 0.25) is 5.91 Å². The molecule has 0 saturated carbocycles. The van der Waals surface area contributed by atoms with Crippen molar-refractivity contribution in [2.24, 2.45) is 0 Å². The number of allylic oxidation sites excluding steroid dienone is 1. The first-order valence-corrected chi connectivity index (χ1v) is 11.2. The van der Waals surface area contributed by atoms with Gasteiger partial charge in [0, 0.05) is 36.1 Å². The van der Waals surface area contributed by atoms with Crippen molar-refractivity contribution in [3.05, 3.63) is 47.6 Å². The molecule has 0 aliphatic carbocycles. The molecule has 1 fully saturated rings. The highest BCUT2D eigenvalue weighted by atomic mass is 19.1. The van der Waals surface area contributed by atoms with E-state index >= 15 is 0 Å². The van der Waals surface area contributed by atoms with Gasteiger partial charge in [-0.1, -0.05) is 0 Å². The number of aromatic amines is 1. The summed E-state index contributed by atoms with van der Waals surface area (Å²) in [5.74, 6) is -1.42. The number of ketones is 1. The quantitative estimate of drug-likeness (QED) is 0.530. The highest BCUT2D eigenvalue weighted by Gasteiger charge is 2.42. The van der Waals surface area contributed by atoms with Crippen LogP contribution >= 0.6 is 0 Å². The lowest BCUT2D eigenvalue weighted by Crippen LogP contribution is -2.63. The Kier molecular flexibility index (Phi) is 6.25. The number of rotatable bonds is 6. The molecule has 2 aliphatic heterocycles. The third kappa shape index (κ3) is 5.08. The first-order chi connectivity index (χ1) is 15.7. The van der Waals surface area contributed by atoms with Crippen LogP contribution in [0.4, 0.5) is 4.39 Å². The summed E-state index contributed by atoms with van der Waals surface area (Å²) >= 11 is 0. The molecule has 1 aromatic carbocycles. The van der Waals surface area contributed by atoms with E-state index in [1.54, 1.807) is 19.9 Å². The number of amides is 2. The molecule has 2 aromatic rings. The first kappa shape index (κ1) is 23.0. The average Bonchev–Trinajstić information content (AvgIpc) is 3.15. The molecule has 1 aromatic heterocycles. The molecule has 0 spiro atoms. The lowest BCUT2D eigenvalue weighted by atomic mass is 9.86. The number of halogens is 1. The largest absolute Gasteiger partial charge is 0.482 e. The Morgan fingerprint density at radius 3 is 2.70 bits per heavy atom. The van der Waals surface area contributed by atoms with Gasteiger partial charge in [0.15, 0.2) is 11.5 Å². The zero-order chi connectivity index (χ0) is 23.6. The molecule has 3 heterocycles. The minimum Gasteiger partial charge on any atom is -0.482 e. The van der Waals surface area contributed by atoms with Gasteiger partial charge in [-0.3, -0.25) is 14.4 Å². The summed E-state index contributed by atoms with van der Waals surface area (Å²) in [7, 11) is 0. The Morgan fingerprint density at radius 2 is 1.97 bits per heavy atom. The predicted molar refractivity (Wildman–Crippen MR) is 121 cm³/mol. The summed E-state index contributed by atoms with van der Waals surface area (Å²) in [4.78, 5) is 41.3. The van der Waals surface area contributed by atoms with E-state index in [9.17, 15) is 18.8 Å². The molecule has 8 nitrogen and oxygen atoms in total. The molecule has 9 heteroatoms. The van der Waals surface area contributed by atoms with Gasteiger partial charge in [-0.15, -0.1) is 0 Å². The smallest absolute Gasteiger partial charge is 0.287 e. The number of carbonyl (C=O) groups excluding carboxylic acids is 3. The van der Waals surface area contributed by atoms with E-state index in [0.29, 0.717) is 38.9 Å². The van der Waals surface area contributed by atoms with Crippen LogP contribution in [0, 0.1) is 5.82 Å². The first-order valence-electron chi connectivity index (χ1n) is 11.2. The molecule has 176 valence electrons. The van der Waals surface area contributed by atoms with E-state index in [0.717, 1.165) is 16.5 Å². The van der Waals surface area contributed by atoms with E-state index in [-0.39, 0.29) is 29.7 Å². The number of ether oxygens (including phenoxy) is 1. The maximum Gasteiger partial charge on any atom is 0.287 e. The van der Waals surface area contributed by atoms with Crippen LogP contribution in [0.1, 0.15) is 38.7 Å². The van der Waals surface area contributed by atoms with Crippen LogP contribution < -0.4 is 16.0 Å². The maximum atomic E-state index is 13.6. The molecule has 33 heavy (non-hydrogen) atoms. The molecule has 1 saturated heterocycles. The van der Waals surface area contributed by atoms with Crippen LogP contribution in [-0.4, -0.2) is 53.4 Å². The van der Waals surface area contributed by atoms with Crippen molar-refractivity contribution in [1.82, 2.24) is 20.9 Å². The van der Waals surface area contributed by atoms with Gasteiger partial charge >= 0.3 is 0 Å². The number of benzene rings is 1. The number of carbonyl (C=O) groups is 3. The Bertz CT molecular complexity index is 1110. The highest BCUT2D eigenvalue weighted by Crippen LogP contribution is 2.26. The second-order valence-electron chi connectivity index (χ2n) is 9.31. The molecule has 4 N–H and O–H groups in total. The Hall–Kier alpha value is -3.20. The lowest BCUT2D eigenvalue weighted by molar-refractivity contribution is -0.137. The topological polar surface area (TPSA) is 112 Å². The monoisotopic (exact) mass is 456 g/mol. The van der Waals surface area contributed by atoms with Crippen molar-refractivity contribution >= 4 is 28.5 Å². The second-order valence-corrected chi connectivity index (χ2v) is 9.31.